The van der Waals surface area contributed by atoms with Crippen molar-refractivity contribution in [2.45, 2.75) is 25.0 Å². The lowest BCUT2D eigenvalue weighted by Gasteiger charge is -2.36. The van der Waals surface area contributed by atoms with Gasteiger partial charge in [-0.15, -0.1) is 0 Å². The minimum atomic E-state index is -0.711. The van der Waals surface area contributed by atoms with E-state index in [2.05, 4.69) is 4.90 Å². The molecule has 0 bridgehead atoms. The molecule has 178 valence electrons. The van der Waals surface area contributed by atoms with Crippen molar-refractivity contribution in [1.82, 2.24) is 9.80 Å². The van der Waals surface area contributed by atoms with Gasteiger partial charge in [-0.1, -0.05) is 0 Å². The Morgan fingerprint density at radius 2 is 1.76 bits per heavy atom. The predicted molar refractivity (Wildman–Crippen MR) is 119 cm³/mol. The van der Waals surface area contributed by atoms with Crippen molar-refractivity contribution in [1.29, 1.82) is 0 Å². The second-order valence-corrected chi connectivity index (χ2v) is 8.83. The summed E-state index contributed by atoms with van der Waals surface area (Å²) in [4.78, 5) is 17.0. The van der Waals surface area contributed by atoms with E-state index in [1.54, 1.807) is 0 Å². The molecule has 2 aromatic rings. The summed E-state index contributed by atoms with van der Waals surface area (Å²) in [6.07, 6.45) is 1.35. The Labute approximate surface area is 192 Å². The van der Waals surface area contributed by atoms with Gasteiger partial charge in [-0.25, -0.2) is 8.78 Å². The molecule has 0 aromatic heterocycles. The number of hydrogen-bond donors (Lipinski definition) is 1. The molecule has 1 saturated heterocycles. The van der Waals surface area contributed by atoms with Crippen LogP contribution in [0.25, 0.3) is 0 Å². The molecule has 1 aliphatic carbocycles. The zero-order valence-corrected chi connectivity index (χ0v) is 18.5. The molecule has 1 saturated carbocycles. The first-order valence-corrected chi connectivity index (χ1v) is 11.4. The maximum atomic E-state index is 13.3. The zero-order chi connectivity index (χ0) is 23.2. The Hall–Kier alpha value is -2.55. The van der Waals surface area contributed by atoms with E-state index in [1.807, 2.05) is 4.90 Å². The topological polar surface area (TPSA) is 62.2 Å². The molecule has 2 fully saturated rings. The van der Waals surface area contributed by atoms with E-state index in [0.717, 1.165) is 12.8 Å². The minimum Gasteiger partial charge on any atom is -0.491 e. The first-order chi connectivity index (χ1) is 16.0. The van der Waals surface area contributed by atoms with Crippen molar-refractivity contribution in [3.05, 3.63) is 65.7 Å². The number of carbonyl (C=O) groups is 1. The smallest absolute Gasteiger partial charge is 0.253 e. The summed E-state index contributed by atoms with van der Waals surface area (Å²) in [5, 5.41) is 10.4. The number of carbonyl (C=O) groups excluding carboxylic acids is 1. The highest BCUT2D eigenvalue weighted by Crippen LogP contribution is 2.30. The number of halogens is 2. The Bertz CT molecular complexity index is 906. The van der Waals surface area contributed by atoms with Crippen LogP contribution in [0.4, 0.5) is 8.78 Å². The molecule has 6 nitrogen and oxygen atoms in total. The Morgan fingerprint density at radius 1 is 1.09 bits per heavy atom. The monoisotopic (exact) mass is 460 g/mol. The maximum absolute atomic E-state index is 13.3. The van der Waals surface area contributed by atoms with Crippen LogP contribution in [0.3, 0.4) is 0 Å². The number of rotatable bonds is 10. The number of β-amino-alcohol motifs (C(OH)–C–C–N with tert-alkyl or cyclic N) is 1. The van der Waals surface area contributed by atoms with Crippen molar-refractivity contribution in [2.75, 3.05) is 45.9 Å². The number of benzene rings is 2. The molecular formula is C25H30F2N2O4. The van der Waals surface area contributed by atoms with E-state index in [9.17, 15) is 18.7 Å². The summed E-state index contributed by atoms with van der Waals surface area (Å²) in [5.41, 5.74) is 0.470. The van der Waals surface area contributed by atoms with Gasteiger partial charge in [0.05, 0.1) is 12.7 Å². The highest BCUT2D eigenvalue weighted by molar-refractivity contribution is 5.94. The van der Waals surface area contributed by atoms with E-state index in [4.69, 9.17) is 9.47 Å². The molecule has 2 atom stereocenters. The predicted octanol–water partition coefficient (Wildman–Crippen LogP) is 2.96. The van der Waals surface area contributed by atoms with Crippen molar-refractivity contribution in [3.63, 3.8) is 0 Å². The number of aliphatic hydroxyl groups is 1. The summed E-state index contributed by atoms with van der Waals surface area (Å²) < 4.78 is 37.7. The third kappa shape index (κ3) is 7.22. The van der Waals surface area contributed by atoms with E-state index in [1.165, 1.54) is 48.5 Å². The van der Waals surface area contributed by atoms with Crippen LogP contribution in [-0.2, 0) is 4.74 Å². The van der Waals surface area contributed by atoms with Gasteiger partial charge in [0, 0.05) is 38.3 Å². The number of nitrogens with zero attached hydrogens (tertiary/aromatic N) is 2. The van der Waals surface area contributed by atoms with Crippen molar-refractivity contribution < 1.29 is 28.2 Å². The second-order valence-electron chi connectivity index (χ2n) is 8.83. The summed E-state index contributed by atoms with van der Waals surface area (Å²) in [6, 6.07) is 11.3. The maximum Gasteiger partial charge on any atom is 0.253 e. The van der Waals surface area contributed by atoms with Gasteiger partial charge in [-0.3, -0.25) is 9.69 Å². The molecule has 4 rings (SSSR count). The van der Waals surface area contributed by atoms with Crippen LogP contribution in [0.5, 0.6) is 5.75 Å². The fraction of sp³-hybridized carbons (Fsp3) is 0.480. The fourth-order valence-corrected chi connectivity index (χ4v) is 4.00. The standard InChI is InChI=1S/C25H30F2N2O4/c26-20-5-3-19(4-6-20)25(31)29(13-18-1-2-18)16-24-15-28(11-12-32-24)14-22(30)17-33-23-9-7-21(27)8-10-23/h3-10,18,22,24,30H,1-2,11-17H2/t22-,24-/m0/s1. The molecule has 0 spiro atoms. The molecule has 8 heteroatoms. The normalized spacial score (nSPS) is 19.8. The molecule has 2 aliphatic rings. The van der Waals surface area contributed by atoms with Crippen LogP contribution in [0.15, 0.2) is 48.5 Å². The summed E-state index contributed by atoms with van der Waals surface area (Å²) in [6.45, 7) is 3.41. The van der Waals surface area contributed by atoms with Crippen molar-refractivity contribution in [2.24, 2.45) is 5.92 Å². The molecule has 2 aromatic carbocycles. The average molecular weight is 461 g/mol. The van der Waals surface area contributed by atoms with E-state index in [0.29, 0.717) is 56.6 Å². The van der Waals surface area contributed by atoms with Crippen LogP contribution in [-0.4, -0.2) is 79.0 Å². The second kappa shape index (κ2) is 11.0. The molecule has 33 heavy (non-hydrogen) atoms. The van der Waals surface area contributed by atoms with Crippen LogP contribution < -0.4 is 4.74 Å². The quantitative estimate of drug-likeness (QED) is 0.591. The number of aliphatic hydroxyl groups excluding tert-OH is 1. The highest BCUT2D eigenvalue weighted by Gasteiger charge is 2.31. The van der Waals surface area contributed by atoms with Crippen molar-refractivity contribution in [3.8, 4) is 5.75 Å². The summed E-state index contributed by atoms with van der Waals surface area (Å²) in [7, 11) is 0. The summed E-state index contributed by atoms with van der Waals surface area (Å²) >= 11 is 0. The number of morpholine rings is 1. The molecule has 1 amide bonds. The molecule has 1 heterocycles. The first-order valence-electron chi connectivity index (χ1n) is 11.4. The Morgan fingerprint density at radius 3 is 2.42 bits per heavy atom. The van der Waals surface area contributed by atoms with Gasteiger partial charge >= 0.3 is 0 Å². The number of amides is 1. The SMILES string of the molecule is O=C(c1ccc(F)cc1)N(CC1CC1)C[C@@H]1CN(C[C@H](O)COc2ccc(F)cc2)CCO1. The van der Waals surface area contributed by atoms with Crippen LogP contribution in [0, 0.1) is 17.6 Å². The Balaban J connectivity index is 1.29. The lowest BCUT2D eigenvalue weighted by Crippen LogP contribution is -2.51. The van der Waals surface area contributed by atoms with Crippen molar-refractivity contribution >= 4 is 5.91 Å². The third-order valence-corrected chi connectivity index (χ3v) is 5.93. The molecular weight excluding hydrogens is 430 g/mol. The largest absolute Gasteiger partial charge is 0.491 e. The van der Waals surface area contributed by atoms with E-state index >= 15 is 0 Å². The van der Waals surface area contributed by atoms with E-state index in [-0.39, 0.29) is 30.3 Å². The lowest BCUT2D eigenvalue weighted by molar-refractivity contribution is -0.0538. The number of hydrogen-bond acceptors (Lipinski definition) is 5. The Kier molecular flexibility index (Phi) is 7.90. The molecule has 0 radical (unpaired) electrons. The molecule has 1 aliphatic heterocycles. The van der Waals surface area contributed by atoms with Gasteiger partial charge in [0.15, 0.2) is 0 Å². The number of ether oxygens (including phenoxy) is 2. The third-order valence-electron chi connectivity index (χ3n) is 5.93. The summed E-state index contributed by atoms with van der Waals surface area (Å²) in [5.74, 6) is 0.199. The zero-order valence-electron chi connectivity index (χ0n) is 18.5. The lowest BCUT2D eigenvalue weighted by atomic mass is 10.1. The van der Waals surface area contributed by atoms with Gasteiger partial charge < -0.3 is 19.5 Å². The van der Waals surface area contributed by atoms with Gasteiger partial charge in [-0.05, 0) is 67.3 Å². The first kappa shape index (κ1) is 23.6. The van der Waals surface area contributed by atoms with Gasteiger partial charge in [0.1, 0.15) is 30.1 Å². The molecule has 1 N–H and O–H groups in total. The fourth-order valence-electron chi connectivity index (χ4n) is 4.00. The molecule has 0 unspecified atom stereocenters. The average Bonchev–Trinajstić information content (AvgIpc) is 3.63. The van der Waals surface area contributed by atoms with Gasteiger partial charge in [0.2, 0.25) is 0 Å². The van der Waals surface area contributed by atoms with Gasteiger partial charge in [-0.2, -0.15) is 0 Å². The van der Waals surface area contributed by atoms with E-state index < -0.39 is 6.10 Å². The highest BCUT2D eigenvalue weighted by atomic mass is 19.1. The minimum absolute atomic E-state index is 0.102. The van der Waals surface area contributed by atoms with Crippen LogP contribution >= 0.6 is 0 Å². The van der Waals surface area contributed by atoms with Gasteiger partial charge in [0.25, 0.3) is 5.91 Å². The van der Waals surface area contributed by atoms with Crippen LogP contribution in [0.2, 0.25) is 0 Å². The van der Waals surface area contributed by atoms with Crippen LogP contribution in [0.1, 0.15) is 23.2 Å².